The molecular formula is C24H21N5. The number of anilines is 1. The quantitative estimate of drug-likeness (QED) is 0.375. The van der Waals surface area contributed by atoms with Crippen LogP contribution in [-0.4, -0.2) is 20.9 Å². The summed E-state index contributed by atoms with van der Waals surface area (Å²) in [7, 11) is 0. The van der Waals surface area contributed by atoms with E-state index in [9.17, 15) is 0 Å². The zero-order valence-electron chi connectivity index (χ0n) is 16.4. The van der Waals surface area contributed by atoms with Crippen LogP contribution in [0.25, 0.3) is 22.5 Å². The standard InChI is InChI=1S/C24H21N5/c1-17-13-15-19(16-14-17)18(2)26-28-24-25-22(20-9-5-3-6-10-20)23(27-29-24)21-11-7-4-8-12-21/h3-16H,1-2H3,(H,25,28,29)/b26-18-. The molecule has 0 aliphatic rings. The van der Waals surface area contributed by atoms with E-state index in [1.165, 1.54) is 5.56 Å². The van der Waals surface area contributed by atoms with Gasteiger partial charge in [-0.2, -0.15) is 5.10 Å². The fraction of sp³-hybridized carbons (Fsp3) is 0.0833. The van der Waals surface area contributed by atoms with Gasteiger partial charge in [-0.05, 0) is 19.4 Å². The van der Waals surface area contributed by atoms with Gasteiger partial charge in [-0.15, -0.1) is 10.2 Å². The van der Waals surface area contributed by atoms with Crippen molar-refractivity contribution in [3.05, 3.63) is 96.1 Å². The summed E-state index contributed by atoms with van der Waals surface area (Å²) >= 11 is 0. The van der Waals surface area contributed by atoms with E-state index in [1.54, 1.807) is 0 Å². The zero-order valence-corrected chi connectivity index (χ0v) is 16.4. The molecule has 3 aromatic carbocycles. The third kappa shape index (κ3) is 4.35. The van der Waals surface area contributed by atoms with E-state index >= 15 is 0 Å². The van der Waals surface area contributed by atoms with Crippen LogP contribution in [0.3, 0.4) is 0 Å². The molecule has 0 unspecified atom stereocenters. The molecule has 4 aromatic rings. The highest BCUT2D eigenvalue weighted by Gasteiger charge is 2.13. The third-order valence-electron chi connectivity index (χ3n) is 4.57. The number of nitrogens with zero attached hydrogens (tertiary/aromatic N) is 4. The summed E-state index contributed by atoms with van der Waals surface area (Å²) in [6.45, 7) is 4.01. The van der Waals surface area contributed by atoms with E-state index < -0.39 is 0 Å². The van der Waals surface area contributed by atoms with Crippen molar-refractivity contribution in [1.29, 1.82) is 0 Å². The molecule has 0 bridgehead atoms. The first-order valence-electron chi connectivity index (χ1n) is 9.43. The first-order valence-corrected chi connectivity index (χ1v) is 9.43. The monoisotopic (exact) mass is 379 g/mol. The highest BCUT2D eigenvalue weighted by molar-refractivity contribution is 5.99. The lowest BCUT2D eigenvalue weighted by Crippen LogP contribution is -2.05. The van der Waals surface area contributed by atoms with E-state index in [0.29, 0.717) is 5.95 Å². The molecule has 1 aromatic heterocycles. The Morgan fingerprint density at radius 3 is 1.93 bits per heavy atom. The molecule has 5 nitrogen and oxygen atoms in total. The zero-order chi connectivity index (χ0) is 20.1. The molecule has 0 saturated heterocycles. The number of hydrogen-bond acceptors (Lipinski definition) is 5. The summed E-state index contributed by atoms with van der Waals surface area (Å²) in [6.07, 6.45) is 0. The second kappa shape index (κ2) is 8.44. The van der Waals surface area contributed by atoms with E-state index in [4.69, 9.17) is 4.98 Å². The van der Waals surface area contributed by atoms with Crippen LogP contribution in [0.4, 0.5) is 5.95 Å². The topological polar surface area (TPSA) is 63.1 Å². The van der Waals surface area contributed by atoms with Crippen LogP contribution in [0.2, 0.25) is 0 Å². The largest absolute Gasteiger partial charge is 0.263 e. The first kappa shape index (κ1) is 18.5. The van der Waals surface area contributed by atoms with Gasteiger partial charge in [0.05, 0.1) is 5.71 Å². The molecule has 0 spiro atoms. The molecule has 0 radical (unpaired) electrons. The fourth-order valence-corrected chi connectivity index (χ4v) is 2.95. The average molecular weight is 379 g/mol. The van der Waals surface area contributed by atoms with Crippen LogP contribution < -0.4 is 5.43 Å². The van der Waals surface area contributed by atoms with Crippen molar-refractivity contribution in [2.24, 2.45) is 5.10 Å². The number of rotatable bonds is 5. The van der Waals surface area contributed by atoms with Crippen molar-refractivity contribution in [1.82, 2.24) is 15.2 Å². The lowest BCUT2D eigenvalue weighted by molar-refractivity contribution is 0.972. The Hall–Kier alpha value is -3.86. The molecule has 0 saturated carbocycles. The van der Waals surface area contributed by atoms with E-state index in [2.05, 4.69) is 39.8 Å². The Morgan fingerprint density at radius 1 is 0.724 bits per heavy atom. The maximum absolute atomic E-state index is 4.71. The first-order chi connectivity index (χ1) is 14.2. The number of hydrogen-bond donors (Lipinski definition) is 1. The van der Waals surface area contributed by atoms with Gasteiger partial charge in [-0.3, -0.25) is 0 Å². The van der Waals surface area contributed by atoms with Crippen LogP contribution in [0.1, 0.15) is 18.1 Å². The average Bonchev–Trinajstić information content (AvgIpc) is 2.79. The number of benzene rings is 3. The summed E-state index contributed by atoms with van der Waals surface area (Å²) in [6, 6.07) is 28.1. The summed E-state index contributed by atoms with van der Waals surface area (Å²) < 4.78 is 0. The molecule has 5 heteroatoms. The Morgan fingerprint density at radius 2 is 1.31 bits per heavy atom. The number of aryl methyl sites for hydroxylation is 1. The van der Waals surface area contributed by atoms with Gasteiger partial charge < -0.3 is 0 Å². The molecule has 0 aliphatic heterocycles. The molecule has 0 aliphatic carbocycles. The van der Waals surface area contributed by atoms with E-state index in [-0.39, 0.29) is 0 Å². The van der Waals surface area contributed by atoms with Gasteiger partial charge in [0.1, 0.15) is 11.4 Å². The summed E-state index contributed by atoms with van der Waals surface area (Å²) in [4.78, 5) is 4.71. The van der Waals surface area contributed by atoms with Crippen LogP contribution in [0.5, 0.6) is 0 Å². The minimum Gasteiger partial charge on any atom is -0.244 e. The highest BCUT2D eigenvalue weighted by Crippen LogP contribution is 2.28. The van der Waals surface area contributed by atoms with Crippen LogP contribution >= 0.6 is 0 Å². The van der Waals surface area contributed by atoms with Crippen molar-refractivity contribution < 1.29 is 0 Å². The van der Waals surface area contributed by atoms with Gasteiger partial charge >= 0.3 is 0 Å². The smallest absolute Gasteiger partial charge is 0.244 e. The van der Waals surface area contributed by atoms with E-state index in [1.807, 2.05) is 79.7 Å². The normalized spacial score (nSPS) is 11.3. The van der Waals surface area contributed by atoms with Crippen LogP contribution in [-0.2, 0) is 0 Å². The minimum absolute atomic E-state index is 0.356. The molecule has 0 amide bonds. The summed E-state index contributed by atoms with van der Waals surface area (Å²) in [5, 5.41) is 13.1. The molecule has 4 rings (SSSR count). The summed E-state index contributed by atoms with van der Waals surface area (Å²) in [5.41, 5.74) is 9.50. The Balaban J connectivity index is 1.68. The second-order valence-corrected chi connectivity index (χ2v) is 6.74. The Bertz CT molecular complexity index is 1120. The molecule has 1 N–H and O–H groups in total. The Labute approximate surface area is 170 Å². The predicted octanol–water partition coefficient (Wildman–Crippen LogP) is 5.35. The molecule has 0 fully saturated rings. The van der Waals surface area contributed by atoms with Crippen molar-refractivity contribution >= 4 is 11.7 Å². The lowest BCUT2D eigenvalue weighted by Gasteiger charge is -2.09. The highest BCUT2D eigenvalue weighted by atomic mass is 15.4. The van der Waals surface area contributed by atoms with Gasteiger partial charge in [0.2, 0.25) is 0 Å². The number of hydrazone groups is 1. The summed E-state index contributed by atoms with van der Waals surface area (Å²) in [5.74, 6) is 0.356. The van der Waals surface area contributed by atoms with E-state index in [0.717, 1.165) is 33.8 Å². The SMILES string of the molecule is C/C(=N/Nc1nnc(-c2ccccc2)c(-c2ccccc2)n1)c1ccc(C)cc1. The van der Waals surface area contributed by atoms with Gasteiger partial charge in [0, 0.05) is 11.1 Å². The van der Waals surface area contributed by atoms with Crippen LogP contribution in [0.15, 0.2) is 90.0 Å². The van der Waals surface area contributed by atoms with Crippen molar-refractivity contribution in [2.45, 2.75) is 13.8 Å². The molecular weight excluding hydrogens is 358 g/mol. The minimum atomic E-state index is 0.356. The van der Waals surface area contributed by atoms with Crippen molar-refractivity contribution in [3.63, 3.8) is 0 Å². The Kier molecular flexibility index (Phi) is 5.38. The lowest BCUT2D eigenvalue weighted by atomic mass is 10.0. The maximum Gasteiger partial charge on any atom is 0.263 e. The third-order valence-corrected chi connectivity index (χ3v) is 4.57. The predicted molar refractivity (Wildman–Crippen MR) is 118 cm³/mol. The van der Waals surface area contributed by atoms with Gasteiger partial charge in [0.25, 0.3) is 5.95 Å². The van der Waals surface area contributed by atoms with Crippen molar-refractivity contribution in [2.75, 3.05) is 5.43 Å². The molecule has 142 valence electrons. The van der Waals surface area contributed by atoms with Gasteiger partial charge in [0.15, 0.2) is 0 Å². The van der Waals surface area contributed by atoms with Crippen molar-refractivity contribution in [3.8, 4) is 22.5 Å². The molecule has 1 heterocycles. The fourth-order valence-electron chi connectivity index (χ4n) is 2.95. The van der Waals surface area contributed by atoms with Gasteiger partial charge in [-0.25, -0.2) is 10.4 Å². The number of nitrogens with one attached hydrogen (secondary N) is 1. The van der Waals surface area contributed by atoms with Crippen LogP contribution in [0, 0.1) is 6.92 Å². The molecule has 29 heavy (non-hydrogen) atoms. The second-order valence-electron chi connectivity index (χ2n) is 6.74. The maximum atomic E-state index is 4.71. The molecule has 0 atom stereocenters. The van der Waals surface area contributed by atoms with Gasteiger partial charge in [-0.1, -0.05) is 90.5 Å². The number of aromatic nitrogens is 3.